The number of ether oxygens (including phenoxy) is 1. The van der Waals surface area contributed by atoms with Gasteiger partial charge in [0.1, 0.15) is 10.8 Å². The van der Waals surface area contributed by atoms with Crippen molar-refractivity contribution in [2.75, 3.05) is 6.61 Å². The summed E-state index contributed by atoms with van der Waals surface area (Å²) in [6.07, 6.45) is 0. The number of hydrogen-bond donors (Lipinski definition) is 1. The molecule has 4 nitrogen and oxygen atoms in total. The first kappa shape index (κ1) is 16.8. The summed E-state index contributed by atoms with van der Waals surface area (Å²) in [6.45, 7) is 1.32. The molecular formula is C18H14Cl2O4. The molecule has 0 aromatic heterocycles. The van der Waals surface area contributed by atoms with E-state index in [0.717, 1.165) is 5.56 Å². The fourth-order valence-electron chi connectivity index (χ4n) is 3.14. The number of rotatable bonds is 4. The van der Waals surface area contributed by atoms with Gasteiger partial charge in [0.25, 0.3) is 0 Å². The van der Waals surface area contributed by atoms with Gasteiger partial charge in [0.2, 0.25) is 0 Å². The monoisotopic (exact) mass is 364 g/mol. The van der Waals surface area contributed by atoms with E-state index in [9.17, 15) is 9.59 Å². The second-order valence-electron chi connectivity index (χ2n) is 5.69. The van der Waals surface area contributed by atoms with Gasteiger partial charge in [0, 0.05) is 17.4 Å². The maximum atomic E-state index is 12.7. The van der Waals surface area contributed by atoms with Crippen LogP contribution in [0.1, 0.15) is 34.3 Å². The SMILES string of the molecule is CC1C(=O)c2c(cc(OCC(=O)O)c(Cl)c2Cl)C1c1ccccc1. The van der Waals surface area contributed by atoms with Crippen LogP contribution in [0, 0.1) is 5.92 Å². The number of carbonyl (C=O) groups excluding carboxylic acids is 1. The maximum Gasteiger partial charge on any atom is 0.341 e. The molecule has 0 bridgehead atoms. The van der Waals surface area contributed by atoms with E-state index in [-0.39, 0.29) is 33.4 Å². The molecule has 1 aliphatic rings. The minimum Gasteiger partial charge on any atom is -0.480 e. The number of hydrogen-bond acceptors (Lipinski definition) is 3. The van der Waals surface area contributed by atoms with Gasteiger partial charge in [-0.1, -0.05) is 60.5 Å². The molecule has 124 valence electrons. The van der Waals surface area contributed by atoms with Crippen LogP contribution in [0.25, 0.3) is 0 Å². The van der Waals surface area contributed by atoms with Crippen molar-refractivity contribution in [1.82, 2.24) is 0 Å². The number of Topliss-reactive ketones (excluding diaryl/α,β-unsaturated/α-hetero) is 1. The third kappa shape index (κ3) is 2.76. The van der Waals surface area contributed by atoms with Crippen LogP contribution in [-0.4, -0.2) is 23.5 Å². The van der Waals surface area contributed by atoms with Gasteiger partial charge in [-0.15, -0.1) is 0 Å². The molecule has 6 heteroatoms. The van der Waals surface area contributed by atoms with Crippen molar-refractivity contribution in [1.29, 1.82) is 0 Å². The Hall–Kier alpha value is -2.04. The normalized spacial score (nSPS) is 19.2. The number of fused-ring (bicyclic) bond motifs is 1. The summed E-state index contributed by atoms with van der Waals surface area (Å²) in [5.41, 5.74) is 2.10. The van der Waals surface area contributed by atoms with Crippen LogP contribution in [0.2, 0.25) is 10.0 Å². The smallest absolute Gasteiger partial charge is 0.341 e. The van der Waals surface area contributed by atoms with Gasteiger partial charge in [-0.2, -0.15) is 0 Å². The fourth-order valence-corrected chi connectivity index (χ4v) is 3.64. The Morgan fingerprint density at radius 3 is 2.50 bits per heavy atom. The van der Waals surface area contributed by atoms with E-state index in [1.165, 1.54) is 0 Å². The van der Waals surface area contributed by atoms with Gasteiger partial charge < -0.3 is 9.84 Å². The summed E-state index contributed by atoms with van der Waals surface area (Å²) in [5.74, 6) is -1.48. The van der Waals surface area contributed by atoms with Crippen molar-refractivity contribution in [3.8, 4) is 5.75 Å². The molecule has 3 rings (SSSR count). The topological polar surface area (TPSA) is 63.6 Å². The molecule has 0 fully saturated rings. The molecule has 0 saturated carbocycles. The molecule has 0 amide bonds. The van der Waals surface area contributed by atoms with Crippen LogP contribution in [-0.2, 0) is 4.79 Å². The quantitative estimate of drug-likeness (QED) is 0.871. The largest absolute Gasteiger partial charge is 0.480 e. The zero-order valence-corrected chi connectivity index (χ0v) is 14.3. The van der Waals surface area contributed by atoms with Crippen LogP contribution in [0.15, 0.2) is 36.4 Å². The highest BCUT2D eigenvalue weighted by Crippen LogP contribution is 2.49. The average molecular weight is 365 g/mol. The van der Waals surface area contributed by atoms with Crippen LogP contribution >= 0.6 is 23.2 Å². The van der Waals surface area contributed by atoms with E-state index < -0.39 is 12.6 Å². The molecule has 2 unspecified atom stereocenters. The first-order chi connectivity index (χ1) is 11.4. The van der Waals surface area contributed by atoms with Gasteiger partial charge in [0.05, 0.1) is 5.02 Å². The van der Waals surface area contributed by atoms with E-state index in [1.807, 2.05) is 37.3 Å². The Morgan fingerprint density at radius 2 is 1.88 bits per heavy atom. The van der Waals surface area contributed by atoms with Crippen molar-refractivity contribution in [3.05, 3.63) is 63.1 Å². The van der Waals surface area contributed by atoms with E-state index in [0.29, 0.717) is 11.1 Å². The van der Waals surface area contributed by atoms with E-state index in [1.54, 1.807) is 6.07 Å². The molecule has 0 spiro atoms. The molecule has 1 N–H and O–H groups in total. The van der Waals surface area contributed by atoms with Crippen molar-refractivity contribution in [2.24, 2.45) is 5.92 Å². The van der Waals surface area contributed by atoms with E-state index in [2.05, 4.69) is 0 Å². The highest BCUT2D eigenvalue weighted by atomic mass is 35.5. The lowest BCUT2D eigenvalue weighted by molar-refractivity contribution is -0.139. The van der Waals surface area contributed by atoms with E-state index >= 15 is 0 Å². The van der Waals surface area contributed by atoms with E-state index in [4.69, 9.17) is 33.0 Å². The molecule has 2 aromatic carbocycles. The van der Waals surface area contributed by atoms with Crippen molar-refractivity contribution < 1.29 is 19.4 Å². The minimum atomic E-state index is -1.12. The zero-order chi connectivity index (χ0) is 17.4. The maximum absolute atomic E-state index is 12.7. The van der Waals surface area contributed by atoms with Crippen molar-refractivity contribution in [2.45, 2.75) is 12.8 Å². The predicted molar refractivity (Wildman–Crippen MR) is 91.4 cm³/mol. The predicted octanol–water partition coefficient (Wildman–Crippen LogP) is 4.42. The summed E-state index contributed by atoms with van der Waals surface area (Å²) in [5, 5.41) is 8.96. The van der Waals surface area contributed by atoms with Gasteiger partial charge in [-0.25, -0.2) is 4.79 Å². The lowest BCUT2D eigenvalue weighted by atomic mass is 9.87. The molecule has 24 heavy (non-hydrogen) atoms. The van der Waals surface area contributed by atoms with Gasteiger partial charge in [-0.3, -0.25) is 4.79 Å². The van der Waals surface area contributed by atoms with Crippen LogP contribution in [0.4, 0.5) is 0 Å². The van der Waals surface area contributed by atoms with Crippen LogP contribution in [0.3, 0.4) is 0 Å². The number of carboxylic acid groups (broad SMARTS) is 1. The first-order valence-electron chi connectivity index (χ1n) is 7.37. The number of aliphatic carboxylic acids is 1. The Kier molecular flexibility index (Phi) is 4.52. The van der Waals surface area contributed by atoms with Crippen molar-refractivity contribution >= 4 is 35.0 Å². The number of benzene rings is 2. The lowest BCUT2D eigenvalue weighted by Crippen LogP contribution is -2.10. The highest BCUT2D eigenvalue weighted by Gasteiger charge is 2.40. The molecular weight excluding hydrogens is 351 g/mol. The summed E-state index contributed by atoms with van der Waals surface area (Å²) in [4.78, 5) is 23.4. The van der Waals surface area contributed by atoms with Crippen LogP contribution in [0.5, 0.6) is 5.75 Å². The molecule has 2 aromatic rings. The standard InChI is InChI=1S/C18H14Cl2O4/c1-9-14(10-5-3-2-4-6-10)11-7-12(24-8-13(21)22)16(19)17(20)15(11)18(9)23/h2-7,9,14H,8H2,1H3,(H,21,22). The Morgan fingerprint density at radius 1 is 1.21 bits per heavy atom. The molecule has 2 atom stereocenters. The third-order valence-corrected chi connectivity index (χ3v) is 5.06. The molecule has 0 heterocycles. The number of halogens is 2. The van der Waals surface area contributed by atoms with Gasteiger partial charge >= 0.3 is 5.97 Å². The highest BCUT2D eigenvalue weighted by molar-refractivity contribution is 6.45. The third-order valence-electron chi connectivity index (χ3n) is 4.21. The Bertz CT molecular complexity index is 818. The summed E-state index contributed by atoms with van der Waals surface area (Å²) in [7, 11) is 0. The first-order valence-corrected chi connectivity index (χ1v) is 8.13. The molecule has 1 aliphatic carbocycles. The van der Waals surface area contributed by atoms with Gasteiger partial charge in [0.15, 0.2) is 12.4 Å². The van der Waals surface area contributed by atoms with Gasteiger partial charge in [-0.05, 0) is 17.2 Å². The summed E-state index contributed by atoms with van der Waals surface area (Å²) < 4.78 is 5.23. The zero-order valence-electron chi connectivity index (χ0n) is 12.8. The summed E-state index contributed by atoms with van der Waals surface area (Å²) in [6, 6.07) is 11.2. The average Bonchev–Trinajstić information content (AvgIpc) is 2.81. The second-order valence-corrected chi connectivity index (χ2v) is 6.45. The lowest BCUT2D eigenvalue weighted by Gasteiger charge is -2.17. The van der Waals surface area contributed by atoms with Crippen molar-refractivity contribution in [3.63, 3.8) is 0 Å². The summed E-state index contributed by atoms with van der Waals surface area (Å²) >= 11 is 12.5. The molecule has 0 radical (unpaired) electrons. The number of carbonyl (C=O) groups is 2. The molecule has 0 aliphatic heterocycles. The molecule has 0 saturated heterocycles. The number of carboxylic acids is 1. The second kappa shape index (κ2) is 6.46. The minimum absolute atomic E-state index is 0.0610. The number of ketones is 1. The van der Waals surface area contributed by atoms with Crippen LogP contribution < -0.4 is 4.74 Å². The fraction of sp³-hybridized carbons (Fsp3) is 0.222. The Labute approximate surface area is 149 Å². The Balaban J connectivity index is 2.14.